The maximum Gasteiger partial charge on any atom is 0.249 e. The molecule has 0 aliphatic carbocycles. The maximum absolute atomic E-state index is 11.8. The van der Waals surface area contributed by atoms with Crippen LogP contribution in [0.25, 0.3) is 0 Å². The van der Waals surface area contributed by atoms with Crippen molar-refractivity contribution in [2.24, 2.45) is 0 Å². The van der Waals surface area contributed by atoms with Crippen LogP contribution in [-0.2, 0) is 16.1 Å². The number of amides is 1. The van der Waals surface area contributed by atoms with E-state index in [9.17, 15) is 4.79 Å². The smallest absolute Gasteiger partial charge is 0.249 e. The number of ether oxygens (including phenoxy) is 1. The molecule has 0 saturated carbocycles. The molecule has 1 atom stereocenters. The van der Waals surface area contributed by atoms with Gasteiger partial charge in [-0.3, -0.25) is 4.79 Å². The van der Waals surface area contributed by atoms with E-state index in [1.54, 1.807) is 0 Å². The van der Waals surface area contributed by atoms with Crippen LogP contribution in [0, 0.1) is 0 Å². The van der Waals surface area contributed by atoms with Crippen LogP contribution in [0.2, 0.25) is 0 Å². The lowest BCUT2D eigenvalue weighted by Crippen LogP contribution is -2.38. The van der Waals surface area contributed by atoms with E-state index in [0.717, 1.165) is 29.3 Å². The molecule has 0 bridgehead atoms. The SMILES string of the molecule is O=C(NCc1ccccc1Br)C1CCCCO1. The summed E-state index contributed by atoms with van der Waals surface area (Å²) in [6.45, 7) is 1.24. The second kappa shape index (κ2) is 6.17. The fraction of sp³-hybridized carbons (Fsp3) is 0.462. The van der Waals surface area contributed by atoms with Gasteiger partial charge in [-0.05, 0) is 30.9 Å². The molecule has 92 valence electrons. The number of nitrogens with one attached hydrogen (secondary N) is 1. The molecular weight excluding hydrogens is 282 g/mol. The maximum atomic E-state index is 11.8. The van der Waals surface area contributed by atoms with Gasteiger partial charge in [-0.25, -0.2) is 0 Å². The third-order valence-corrected chi connectivity index (χ3v) is 3.66. The Balaban J connectivity index is 1.85. The van der Waals surface area contributed by atoms with E-state index >= 15 is 0 Å². The van der Waals surface area contributed by atoms with Crippen LogP contribution < -0.4 is 5.32 Å². The highest BCUT2D eigenvalue weighted by Gasteiger charge is 2.21. The molecule has 0 radical (unpaired) electrons. The second-order valence-electron chi connectivity index (χ2n) is 4.16. The predicted octanol–water partition coefficient (Wildman–Crippen LogP) is 2.63. The van der Waals surface area contributed by atoms with Crippen molar-refractivity contribution in [1.82, 2.24) is 5.32 Å². The molecule has 1 saturated heterocycles. The largest absolute Gasteiger partial charge is 0.368 e. The molecule has 1 unspecified atom stereocenters. The molecule has 1 aromatic rings. The molecule has 1 heterocycles. The van der Waals surface area contributed by atoms with Crippen LogP contribution in [0.3, 0.4) is 0 Å². The third kappa shape index (κ3) is 3.54. The van der Waals surface area contributed by atoms with Gasteiger partial charge in [0.1, 0.15) is 6.10 Å². The van der Waals surface area contributed by atoms with Gasteiger partial charge in [0.15, 0.2) is 0 Å². The van der Waals surface area contributed by atoms with Crippen molar-refractivity contribution in [2.45, 2.75) is 31.9 Å². The minimum Gasteiger partial charge on any atom is -0.368 e. The van der Waals surface area contributed by atoms with Gasteiger partial charge in [0.2, 0.25) is 5.91 Å². The highest BCUT2D eigenvalue weighted by molar-refractivity contribution is 9.10. The van der Waals surface area contributed by atoms with E-state index in [-0.39, 0.29) is 12.0 Å². The van der Waals surface area contributed by atoms with E-state index < -0.39 is 0 Å². The molecule has 1 aliphatic heterocycles. The van der Waals surface area contributed by atoms with E-state index in [1.165, 1.54) is 0 Å². The molecule has 17 heavy (non-hydrogen) atoms. The molecule has 0 spiro atoms. The van der Waals surface area contributed by atoms with E-state index in [2.05, 4.69) is 21.2 Å². The Labute approximate surface area is 110 Å². The summed E-state index contributed by atoms with van der Waals surface area (Å²) in [6.07, 6.45) is 2.72. The van der Waals surface area contributed by atoms with Crippen LogP contribution in [0.5, 0.6) is 0 Å². The van der Waals surface area contributed by atoms with Gasteiger partial charge in [0, 0.05) is 17.6 Å². The topological polar surface area (TPSA) is 38.3 Å². The molecule has 3 nitrogen and oxygen atoms in total. The van der Waals surface area contributed by atoms with Crippen molar-refractivity contribution in [3.63, 3.8) is 0 Å². The zero-order valence-electron chi connectivity index (χ0n) is 9.62. The molecule has 1 aliphatic rings. The average molecular weight is 298 g/mol. The minimum absolute atomic E-state index is 0.000420. The first-order chi connectivity index (χ1) is 8.27. The van der Waals surface area contributed by atoms with E-state index in [1.807, 2.05) is 24.3 Å². The average Bonchev–Trinajstić information content (AvgIpc) is 2.38. The van der Waals surface area contributed by atoms with Gasteiger partial charge >= 0.3 is 0 Å². The highest BCUT2D eigenvalue weighted by Crippen LogP contribution is 2.16. The monoisotopic (exact) mass is 297 g/mol. The highest BCUT2D eigenvalue weighted by atomic mass is 79.9. The zero-order valence-corrected chi connectivity index (χ0v) is 11.2. The van der Waals surface area contributed by atoms with Crippen LogP contribution >= 0.6 is 15.9 Å². The molecule has 1 N–H and O–H groups in total. The van der Waals surface area contributed by atoms with Gasteiger partial charge in [-0.15, -0.1) is 0 Å². The predicted molar refractivity (Wildman–Crippen MR) is 69.6 cm³/mol. The molecule has 1 fully saturated rings. The summed E-state index contributed by atoms with van der Waals surface area (Å²) in [5.41, 5.74) is 1.08. The second-order valence-corrected chi connectivity index (χ2v) is 5.02. The lowest BCUT2D eigenvalue weighted by molar-refractivity contribution is -0.135. The Morgan fingerprint density at radius 3 is 2.94 bits per heavy atom. The summed E-state index contributed by atoms with van der Waals surface area (Å²) in [7, 11) is 0. The van der Waals surface area contributed by atoms with Gasteiger partial charge in [0.25, 0.3) is 0 Å². The Bertz CT molecular complexity index is 389. The van der Waals surface area contributed by atoms with E-state index in [0.29, 0.717) is 13.2 Å². The number of carbonyl (C=O) groups is 1. The molecule has 1 amide bonds. The number of halogens is 1. The lowest BCUT2D eigenvalue weighted by atomic mass is 10.1. The fourth-order valence-electron chi connectivity index (χ4n) is 1.89. The standard InChI is InChI=1S/C13H16BrNO2/c14-11-6-2-1-5-10(11)9-15-13(16)12-7-3-4-8-17-12/h1-2,5-6,12H,3-4,7-9H2,(H,15,16). The zero-order chi connectivity index (χ0) is 12.1. The van der Waals surface area contributed by atoms with Gasteiger partial charge < -0.3 is 10.1 Å². The molecule has 1 aromatic carbocycles. The number of rotatable bonds is 3. The summed E-state index contributed by atoms with van der Waals surface area (Å²) >= 11 is 3.46. The summed E-state index contributed by atoms with van der Waals surface area (Å²) in [4.78, 5) is 11.8. The third-order valence-electron chi connectivity index (χ3n) is 2.88. The molecule has 0 aromatic heterocycles. The summed E-state index contributed by atoms with van der Waals surface area (Å²) in [6, 6.07) is 7.88. The van der Waals surface area contributed by atoms with Gasteiger partial charge in [-0.2, -0.15) is 0 Å². The summed E-state index contributed by atoms with van der Waals surface area (Å²) in [5, 5.41) is 2.92. The van der Waals surface area contributed by atoms with Crippen molar-refractivity contribution in [2.75, 3.05) is 6.61 Å². The Morgan fingerprint density at radius 1 is 1.41 bits per heavy atom. The van der Waals surface area contributed by atoms with Crippen molar-refractivity contribution < 1.29 is 9.53 Å². The molecule has 4 heteroatoms. The van der Waals surface area contributed by atoms with E-state index in [4.69, 9.17) is 4.74 Å². The number of benzene rings is 1. The fourth-order valence-corrected chi connectivity index (χ4v) is 2.31. The van der Waals surface area contributed by atoms with Gasteiger partial charge in [-0.1, -0.05) is 34.1 Å². The first-order valence-corrected chi connectivity index (χ1v) is 6.69. The minimum atomic E-state index is -0.258. The Kier molecular flexibility index (Phi) is 4.57. The first kappa shape index (κ1) is 12.6. The lowest BCUT2D eigenvalue weighted by Gasteiger charge is -2.21. The quantitative estimate of drug-likeness (QED) is 0.931. The van der Waals surface area contributed by atoms with Crippen LogP contribution in [0.15, 0.2) is 28.7 Å². The van der Waals surface area contributed by atoms with Crippen molar-refractivity contribution in [3.8, 4) is 0 Å². The van der Waals surface area contributed by atoms with Crippen molar-refractivity contribution in [1.29, 1.82) is 0 Å². The molecular formula is C13H16BrNO2. The van der Waals surface area contributed by atoms with Crippen molar-refractivity contribution >= 4 is 21.8 Å². The molecule has 2 rings (SSSR count). The summed E-state index contributed by atoms with van der Waals surface area (Å²) < 4.78 is 6.45. The van der Waals surface area contributed by atoms with Crippen molar-refractivity contribution in [3.05, 3.63) is 34.3 Å². The van der Waals surface area contributed by atoms with Crippen LogP contribution in [0.4, 0.5) is 0 Å². The summed E-state index contributed by atoms with van der Waals surface area (Å²) in [5.74, 6) is 0.000420. The first-order valence-electron chi connectivity index (χ1n) is 5.90. The van der Waals surface area contributed by atoms with Crippen LogP contribution in [-0.4, -0.2) is 18.6 Å². The number of hydrogen-bond acceptors (Lipinski definition) is 2. The number of carbonyl (C=O) groups excluding carboxylic acids is 1. The normalized spacial score (nSPS) is 19.9. The Hall–Kier alpha value is -0.870. The van der Waals surface area contributed by atoms with Crippen LogP contribution in [0.1, 0.15) is 24.8 Å². The number of hydrogen-bond donors (Lipinski definition) is 1. The van der Waals surface area contributed by atoms with Gasteiger partial charge in [0.05, 0.1) is 0 Å². The Morgan fingerprint density at radius 2 is 2.24 bits per heavy atom.